The predicted octanol–water partition coefficient (Wildman–Crippen LogP) is 4.05. The van der Waals surface area contributed by atoms with Gasteiger partial charge in [-0.3, -0.25) is 24.1 Å². The van der Waals surface area contributed by atoms with Crippen LogP contribution in [0.15, 0.2) is 30.5 Å². The van der Waals surface area contributed by atoms with E-state index in [4.69, 9.17) is 4.74 Å². The fraction of sp³-hybridized carbons (Fsp3) is 0.538. The van der Waals surface area contributed by atoms with Crippen LogP contribution in [-0.4, -0.2) is 66.1 Å². The molecule has 1 aliphatic heterocycles. The summed E-state index contributed by atoms with van der Waals surface area (Å²) in [6.07, 6.45) is 3.25. The predicted molar refractivity (Wildman–Crippen MR) is 144 cm³/mol. The SMILES string of the molecule is CCC(C)C(=O)NCCCCOc1ccc2nccc(C(=O)NCC(=O)N3CC(F)CC3C)c2c1.F.N.[HH].[HH]. The van der Waals surface area contributed by atoms with Gasteiger partial charge in [-0.2, -0.15) is 0 Å². The first-order chi connectivity index (χ1) is 16.8. The molecule has 0 radical (unpaired) electrons. The van der Waals surface area contributed by atoms with Crippen molar-refractivity contribution in [3.8, 4) is 5.75 Å². The summed E-state index contributed by atoms with van der Waals surface area (Å²) in [5.41, 5.74) is 1.02. The van der Waals surface area contributed by atoms with E-state index in [9.17, 15) is 18.8 Å². The second kappa shape index (κ2) is 15.0. The zero-order valence-corrected chi connectivity index (χ0v) is 21.8. The molecule has 1 aliphatic rings. The number of carbonyl (C=O) groups excluding carboxylic acids is 3. The quantitative estimate of drug-likeness (QED) is 0.377. The fourth-order valence-electron chi connectivity index (χ4n) is 4.07. The fourth-order valence-corrected chi connectivity index (χ4v) is 4.07. The largest absolute Gasteiger partial charge is 0.494 e. The number of unbranched alkanes of at least 4 members (excludes halogenated alkanes) is 1. The van der Waals surface area contributed by atoms with Gasteiger partial charge >= 0.3 is 0 Å². The van der Waals surface area contributed by atoms with Crippen LogP contribution in [0.3, 0.4) is 0 Å². The number of alkyl halides is 1. The first-order valence-electron chi connectivity index (χ1n) is 12.3. The van der Waals surface area contributed by atoms with E-state index in [0.717, 1.165) is 19.3 Å². The summed E-state index contributed by atoms with van der Waals surface area (Å²) in [5, 5.41) is 6.20. The van der Waals surface area contributed by atoms with Gasteiger partial charge in [-0.05, 0) is 50.5 Å². The maximum atomic E-state index is 13.6. The van der Waals surface area contributed by atoms with Gasteiger partial charge in [0.1, 0.15) is 11.9 Å². The van der Waals surface area contributed by atoms with Gasteiger partial charge in [0.15, 0.2) is 0 Å². The third kappa shape index (κ3) is 8.63. The van der Waals surface area contributed by atoms with Gasteiger partial charge in [-0.25, -0.2) is 4.39 Å². The molecule has 0 aliphatic carbocycles. The van der Waals surface area contributed by atoms with Crippen molar-refractivity contribution in [1.82, 2.24) is 26.7 Å². The minimum atomic E-state index is -1.02. The Balaban J connectivity index is 0. The maximum Gasteiger partial charge on any atom is 0.252 e. The monoisotopic (exact) mass is 527 g/mol. The van der Waals surface area contributed by atoms with Crippen LogP contribution in [0, 0.1) is 5.92 Å². The highest BCUT2D eigenvalue weighted by atomic mass is 19.1. The Morgan fingerprint density at radius 2 is 2.00 bits per heavy atom. The van der Waals surface area contributed by atoms with Gasteiger partial charge in [-0.1, -0.05) is 13.8 Å². The van der Waals surface area contributed by atoms with E-state index >= 15 is 0 Å². The summed E-state index contributed by atoms with van der Waals surface area (Å²) < 4.78 is 19.4. The molecule has 37 heavy (non-hydrogen) atoms. The smallest absolute Gasteiger partial charge is 0.252 e. The Labute approximate surface area is 219 Å². The lowest BCUT2D eigenvalue weighted by atomic mass is 10.1. The molecule has 210 valence electrons. The van der Waals surface area contributed by atoms with Crippen LogP contribution in [0.25, 0.3) is 10.9 Å². The number of ether oxygens (including phenoxy) is 1. The van der Waals surface area contributed by atoms with Gasteiger partial charge in [-0.15, -0.1) is 0 Å². The number of likely N-dealkylation sites (tertiary alicyclic amines) is 1. The van der Waals surface area contributed by atoms with Crippen LogP contribution < -0.4 is 21.5 Å². The number of carbonyl (C=O) groups is 3. The molecular weight excluding hydrogens is 484 g/mol. The van der Waals surface area contributed by atoms with Gasteiger partial charge < -0.3 is 26.4 Å². The Morgan fingerprint density at radius 1 is 1.24 bits per heavy atom. The number of hydrogen-bond donors (Lipinski definition) is 3. The maximum absolute atomic E-state index is 13.6. The molecule has 1 aromatic heterocycles. The van der Waals surface area contributed by atoms with Crippen molar-refractivity contribution in [2.45, 2.75) is 58.7 Å². The zero-order valence-electron chi connectivity index (χ0n) is 21.8. The molecule has 3 unspecified atom stereocenters. The molecule has 2 heterocycles. The molecule has 9 nitrogen and oxygen atoms in total. The highest BCUT2D eigenvalue weighted by Gasteiger charge is 2.32. The molecule has 3 rings (SSSR count). The average molecular weight is 528 g/mol. The number of fused-ring (bicyclic) bond motifs is 1. The zero-order chi connectivity index (χ0) is 25.4. The first kappa shape index (κ1) is 31.7. The van der Waals surface area contributed by atoms with Gasteiger partial charge in [0.25, 0.3) is 5.91 Å². The van der Waals surface area contributed by atoms with Crippen LogP contribution >= 0.6 is 0 Å². The summed E-state index contributed by atoms with van der Waals surface area (Å²) >= 11 is 0. The van der Waals surface area contributed by atoms with Crippen molar-refractivity contribution in [3.63, 3.8) is 0 Å². The second-order valence-electron chi connectivity index (χ2n) is 9.10. The number of nitrogens with zero attached hydrogens (tertiary/aromatic N) is 2. The van der Waals surface area contributed by atoms with Crippen molar-refractivity contribution in [3.05, 3.63) is 36.0 Å². The average Bonchev–Trinajstić information content (AvgIpc) is 3.20. The topological polar surface area (TPSA) is 136 Å². The van der Waals surface area contributed by atoms with Crippen molar-refractivity contribution in [2.24, 2.45) is 5.92 Å². The van der Waals surface area contributed by atoms with Gasteiger partial charge in [0.05, 0.1) is 30.8 Å². The van der Waals surface area contributed by atoms with E-state index in [1.165, 1.54) is 4.90 Å². The molecule has 11 heteroatoms. The van der Waals surface area contributed by atoms with Crippen molar-refractivity contribution in [2.75, 3.05) is 26.2 Å². The van der Waals surface area contributed by atoms with E-state index < -0.39 is 12.1 Å². The molecule has 2 aromatic rings. The second-order valence-corrected chi connectivity index (χ2v) is 9.10. The standard InChI is InChI=1S/C26H35FN4O4.FH.H3N.2H2/c1-4-17(2)25(33)29-10-5-6-12-35-20-7-8-23-22(14-20)21(9-11-28-23)26(34)30-15-24(32)31-16-19(27)13-18(31)3;;;;/h7-9,11,14,17-19H,4-6,10,12-13,15-16H2,1-3H3,(H,29,33)(H,30,34);1H;1H3;2*1H. The summed E-state index contributed by atoms with van der Waals surface area (Å²) in [7, 11) is 0. The van der Waals surface area contributed by atoms with E-state index in [2.05, 4.69) is 15.6 Å². The molecule has 3 atom stereocenters. The molecule has 0 bridgehead atoms. The van der Waals surface area contributed by atoms with E-state index in [1.54, 1.807) is 37.4 Å². The first-order valence-corrected chi connectivity index (χ1v) is 12.3. The summed E-state index contributed by atoms with van der Waals surface area (Å²) in [6, 6.07) is 6.77. The van der Waals surface area contributed by atoms with Crippen molar-refractivity contribution in [1.29, 1.82) is 0 Å². The molecule has 1 aromatic carbocycles. The molecule has 1 saturated heterocycles. The van der Waals surface area contributed by atoms with E-state index in [1.807, 2.05) is 13.8 Å². The van der Waals surface area contributed by atoms with E-state index in [0.29, 0.717) is 41.8 Å². The molecule has 0 saturated carbocycles. The summed E-state index contributed by atoms with van der Waals surface area (Å²) in [6.45, 7) is 6.67. The normalized spacial score (nSPS) is 17.4. The number of pyridine rings is 1. The van der Waals surface area contributed by atoms with Crippen LogP contribution in [-0.2, 0) is 9.59 Å². The minimum Gasteiger partial charge on any atom is -0.494 e. The lowest BCUT2D eigenvalue weighted by Crippen LogP contribution is -2.42. The molecule has 1 fully saturated rings. The lowest BCUT2D eigenvalue weighted by Gasteiger charge is -2.21. The van der Waals surface area contributed by atoms with Crippen LogP contribution in [0.2, 0.25) is 0 Å². The Bertz CT molecular complexity index is 1070. The number of hydrogen-bond acceptors (Lipinski definition) is 6. The summed E-state index contributed by atoms with van der Waals surface area (Å²) in [4.78, 5) is 42.8. The molecule has 5 N–H and O–H groups in total. The number of halogens is 2. The number of amides is 3. The highest BCUT2D eigenvalue weighted by Crippen LogP contribution is 2.23. The molecule has 0 spiro atoms. The van der Waals surface area contributed by atoms with Crippen molar-refractivity contribution >= 4 is 28.6 Å². The number of aromatic nitrogens is 1. The van der Waals surface area contributed by atoms with Crippen molar-refractivity contribution < 1.29 is 31.1 Å². The Morgan fingerprint density at radius 3 is 2.68 bits per heavy atom. The lowest BCUT2D eigenvalue weighted by molar-refractivity contribution is -0.130. The number of rotatable bonds is 11. The molecule has 3 amide bonds. The van der Waals surface area contributed by atoms with Gasteiger partial charge in [0.2, 0.25) is 11.8 Å². The Kier molecular flexibility index (Phi) is 12.9. The summed E-state index contributed by atoms with van der Waals surface area (Å²) in [5.74, 6) is 0.00854. The third-order valence-corrected chi connectivity index (χ3v) is 6.40. The number of benzene rings is 1. The Hall–Kier alpha value is -3.34. The third-order valence-electron chi connectivity index (χ3n) is 6.40. The molecular formula is C26H43F2N5O4. The van der Waals surface area contributed by atoms with Gasteiger partial charge in [0, 0.05) is 39.4 Å². The van der Waals surface area contributed by atoms with Crippen LogP contribution in [0.4, 0.5) is 9.09 Å². The highest BCUT2D eigenvalue weighted by molar-refractivity contribution is 6.07. The minimum absolute atomic E-state index is 0. The number of nitrogens with one attached hydrogen (secondary N) is 2. The van der Waals surface area contributed by atoms with Crippen LogP contribution in [0.5, 0.6) is 5.75 Å². The van der Waals surface area contributed by atoms with E-state index in [-0.39, 0.29) is 50.6 Å². The van der Waals surface area contributed by atoms with Crippen LogP contribution in [0.1, 0.15) is 59.7 Å².